The molecule has 0 atom stereocenters. The van der Waals surface area contributed by atoms with E-state index in [1.54, 1.807) is 4.31 Å². The van der Waals surface area contributed by atoms with Crippen LogP contribution in [0.1, 0.15) is 25.7 Å². The minimum Gasteiger partial charge on any atom is -0.366 e. The Bertz CT molecular complexity index is 715. The van der Waals surface area contributed by atoms with Crippen molar-refractivity contribution in [3.05, 3.63) is 26.9 Å². The highest BCUT2D eigenvalue weighted by Crippen LogP contribution is 2.33. The van der Waals surface area contributed by atoms with Crippen LogP contribution in [0.5, 0.6) is 0 Å². The van der Waals surface area contributed by atoms with Gasteiger partial charge < -0.3 is 5.32 Å². The smallest absolute Gasteiger partial charge is 0.288 e. The highest BCUT2D eigenvalue weighted by Gasteiger charge is 2.41. The zero-order chi connectivity index (χ0) is 16.6. The molecule has 1 aromatic heterocycles. The molecule has 1 aliphatic heterocycles. The van der Waals surface area contributed by atoms with Crippen molar-refractivity contribution in [2.45, 2.75) is 37.0 Å². The van der Waals surface area contributed by atoms with Crippen LogP contribution in [-0.2, 0) is 10.0 Å². The molecule has 0 amide bonds. The summed E-state index contributed by atoms with van der Waals surface area (Å²) >= 11 is 3.28. The Hall–Kier alpha value is -1.26. The maximum atomic E-state index is 12.2. The van der Waals surface area contributed by atoms with E-state index in [0.717, 1.165) is 12.8 Å². The summed E-state index contributed by atoms with van der Waals surface area (Å²) < 4.78 is 26.5. The molecule has 2 fully saturated rings. The molecule has 126 valence electrons. The zero-order valence-corrected chi connectivity index (χ0v) is 14.7. The van der Waals surface area contributed by atoms with Gasteiger partial charge in [0.05, 0.1) is 14.6 Å². The van der Waals surface area contributed by atoms with E-state index >= 15 is 0 Å². The van der Waals surface area contributed by atoms with E-state index in [-0.39, 0.29) is 17.0 Å². The lowest BCUT2D eigenvalue weighted by molar-refractivity contribution is -0.385. The summed E-state index contributed by atoms with van der Waals surface area (Å²) in [6.45, 7) is 1.00. The van der Waals surface area contributed by atoms with Gasteiger partial charge in [0.1, 0.15) is 12.0 Å². The van der Waals surface area contributed by atoms with Crippen LogP contribution in [0.4, 0.5) is 11.5 Å². The van der Waals surface area contributed by atoms with Crippen LogP contribution in [0.2, 0.25) is 0 Å². The predicted molar refractivity (Wildman–Crippen MR) is 88.8 cm³/mol. The molecule has 1 aromatic rings. The monoisotopic (exact) mass is 404 g/mol. The molecule has 3 rings (SSSR count). The van der Waals surface area contributed by atoms with Crippen molar-refractivity contribution in [2.24, 2.45) is 0 Å². The summed E-state index contributed by atoms with van der Waals surface area (Å²) in [7, 11) is -3.10. The first kappa shape index (κ1) is 16.6. The molecular weight excluding hydrogens is 388 g/mol. The first-order valence-electron chi connectivity index (χ1n) is 7.43. The van der Waals surface area contributed by atoms with Gasteiger partial charge in [0.15, 0.2) is 0 Å². The lowest BCUT2D eigenvalue weighted by Crippen LogP contribution is -2.43. The number of nitrogens with zero attached hydrogens (tertiary/aromatic N) is 3. The molecule has 0 unspecified atom stereocenters. The average molecular weight is 405 g/mol. The van der Waals surface area contributed by atoms with Gasteiger partial charge in [0.2, 0.25) is 10.0 Å². The second-order valence-corrected chi connectivity index (χ2v) is 8.91. The third-order valence-electron chi connectivity index (χ3n) is 4.14. The Kier molecular flexibility index (Phi) is 4.56. The molecule has 2 heterocycles. The second kappa shape index (κ2) is 6.33. The molecule has 1 saturated heterocycles. The number of hydrogen-bond acceptors (Lipinski definition) is 6. The standard InChI is InChI=1S/C13H17BrN4O4S/c14-12-7-10(18(19)20)8-15-13(12)16-9-3-5-17(6-4-9)23(21,22)11-1-2-11/h7-9,11H,1-6H2,(H,15,16). The Labute approximate surface area is 142 Å². The topological polar surface area (TPSA) is 105 Å². The highest BCUT2D eigenvalue weighted by atomic mass is 79.9. The summed E-state index contributed by atoms with van der Waals surface area (Å²) in [5.41, 5.74) is -0.0761. The van der Waals surface area contributed by atoms with Crippen LogP contribution in [0, 0.1) is 10.1 Å². The quantitative estimate of drug-likeness (QED) is 0.594. The third-order valence-corrected chi connectivity index (χ3v) is 7.14. The molecule has 1 saturated carbocycles. The molecule has 10 heteroatoms. The molecule has 8 nitrogen and oxygen atoms in total. The fourth-order valence-electron chi connectivity index (χ4n) is 2.66. The first-order valence-corrected chi connectivity index (χ1v) is 9.73. The van der Waals surface area contributed by atoms with Crippen molar-refractivity contribution < 1.29 is 13.3 Å². The van der Waals surface area contributed by atoms with E-state index in [9.17, 15) is 18.5 Å². The number of aromatic nitrogens is 1. The number of sulfonamides is 1. The van der Waals surface area contributed by atoms with E-state index in [2.05, 4.69) is 26.2 Å². The number of nitrogens with one attached hydrogen (secondary N) is 1. The number of halogens is 1. The molecule has 0 spiro atoms. The first-order chi connectivity index (χ1) is 10.9. The van der Waals surface area contributed by atoms with Gasteiger partial charge in [0, 0.05) is 25.2 Å². The van der Waals surface area contributed by atoms with Crippen LogP contribution in [0.15, 0.2) is 16.7 Å². The summed E-state index contributed by atoms with van der Waals surface area (Å²) in [6, 6.07) is 1.51. The Morgan fingerprint density at radius 2 is 1.96 bits per heavy atom. The van der Waals surface area contributed by atoms with E-state index in [1.165, 1.54) is 12.3 Å². The van der Waals surface area contributed by atoms with Gasteiger partial charge in [-0.2, -0.15) is 0 Å². The van der Waals surface area contributed by atoms with Crippen molar-refractivity contribution >= 4 is 37.5 Å². The molecule has 2 aliphatic rings. The van der Waals surface area contributed by atoms with Crippen LogP contribution in [-0.4, -0.2) is 47.0 Å². The van der Waals surface area contributed by atoms with E-state index in [1.807, 2.05) is 0 Å². The van der Waals surface area contributed by atoms with Gasteiger partial charge in [-0.05, 0) is 41.6 Å². The van der Waals surface area contributed by atoms with Crippen molar-refractivity contribution in [3.8, 4) is 0 Å². The Morgan fingerprint density at radius 3 is 2.48 bits per heavy atom. The molecule has 0 aromatic carbocycles. The van der Waals surface area contributed by atoms with Gasteiger partial charge in [-0.15, -0.1) is 0 Å². The Morgan fingerprint density at radius 1 is 1.30 bits per heavy atom. The maximum absolute atomic E-state index is 12.2. The van der Waals surface area contributed by atoms with Crippen molar-refractivity contribution in [2.75, 3.05) is 18.4 Å². The van der Waals surface area contributed by atoms with Crippen molar-refractivity contribution in [1.29, 1.82) is 0 Å². The fraction of sp³-hybridized carbons (Fsp3) is 0.615. The number of pyridine rings is 1. The fourth-order valence-corrected chi connectivity index (χ4v) is 4.98. The minimum atomic E-state index is -3.10. The van der Waals surface area contributed by atoms with Gasteiger partial charge in [-0.25, -0.2) is 17.7 Å². The molecule has 0 radical (unpaired) electrons. The second-order valence-electron chi connectivity index (χ2n) is 5.84. The van der Waals surface area contributed by atoms with Crippen molar-refractivity contribution in [1.82, 2.24) is 9.29 Å². The maximum Gasteiger partial charge on any atom is 0.288 e. The molecule has 1 N–H and O–H groups in total. The van der Waals surface area contributed by atoms with Crippen LogP contribution in [0.25, 0.3) is 0 Å². The van der Waals surface area contributed by atoms with Crippen LogP contribution < -0.4 is 5.32 Å². The van der Waals surface area contributed by atoms with Gasteiger partial charge in [-0.1, -0.05) is 0 Å². The number of anilines is 1. The molecule has 23 heavy (non-hydrogen) atoms. The third kappa shape index (κ3) is 3.64. The van der Waals surface area contributed by atoms with Gasteiger partial charge >= 0.3 is 0 Å². The van der Waals surface area contributed by atoms with E-state index in [4.69, 9.17) is 0 Å². The zero-order valence-electron chi connectivity index (χ0n) is 12.3. The van der Waals surface area contributed by atoms with E-state index in [0.29, 0.717) is 36.2 Å². The largest absolute Gasteiger partial charge is 0.366 e. The Balaban J connectivity index is 1.59. The van der Waals surface area contributed by atoms with E-state index < -0.39 is 14.9 Å². The van der Waals surface area contributed by atoms with Crippen LogP contribution >= 0.6 is 15.9 Å². The highest BCUT2D eigenvalue weighted by molar-refractivity contribution is 9.10. The van der Waals surface area contributed by atoms with Gasteiger partial charge in [-0.3, -0.25) is 10.1 Å². The predicted octanol–water partition coefficient (Wildman–Crippen LogP) is 2.12. The lowest BCUT2D eigenvalue weighted by Gasteiger charge is -2.32. The summed E-state index contributed by atoms with van der Waals surface area (Å²) in [6.07, 6.45) is 4.15. The van der Waals surface area contributed by atoms with Crippen LogP contribution in [0.3, 0.4) is 0 Å². The number of rotatable bonds is 5. The van der Waals surface area contributed by atoms with Crippen molar-refractivity contribution in [3.63, 3.8) is 0 Å². The molecular formula is C13H17BrN4O4S. The number of hydrogen-bond donors (Lipinski definition) is 1. The normalized spacial score (nSPS) is 20.4. The molecule has 1 aliphatic carbocycles. The number of nitro groups is 1. The number of piperidine rings is 1. The summed E-state index contributed by atoms with van der Waals surface area (Å²) in [5, 5.41) is 13.8. The SMILES string of the molecule is O=[N+]([O-])c1cnc(NC2CCN(S(=O)(=O)C3CC3)CC2)c(Br)c1. The average Bonchev–Trinajstić information content (AvgIpc) is 3.35. The summed E-state index contributed by atoms with van der Waals surface area (Å²) in [4.78, 5) is 14.3. The minimum absolute atomic E-state index is 0.0761. The molecule has 0 bridgehead atoms. The van der Waals surface area contributed by atoms with Gasteiger partial charge in [0.25, 0.3) is 5.69 Å². The lowest BCUT2D eigenvalue weighted by atomic mass is 10.1. The summed E-state index contributed by atoms with van der Waals surface area (Å²) in [5.74, 6) is 0.541.